The number of aromatic hydroxyl groups is 1. The first kappa shape index (κ1) is 13.3. The van der Waals surface area contributed by atoms with Gasteiger partial charge in [0.15, 0.2) is 0 Å². The van der Waals surface area contributed by atoms with Crippen molar-refractivity contribution < 1.29 is 10.2 Å². The fourth-order valence-corrected chi connectivity index (χ4v) is 1.70. The minimum atomic E-state index is -0.327. The highest BCUT2D eigenvalue weighted by Gasteiger charge is 2.04. The molecule has 0 heterocycles. The van der Waals surface area contributed by atoms with E-state index in [1.165, 1.54) is 0 Å². The summed E-state index contributed by atoms with van der Waals surface area (Å²) in [6, 6.07) is 4.93. The van der Waals surface area contributed by atoms with E-state index in [0.717, 1.165) is 18.4 Å². The second-order valence-electron chi connectivity index (χ2n) is 3.85. The first-order valence-electron chi connectivity index (χ1n) is 5.49. The predicted molar refractivity (Wildman–Crippen MR) is 65.7 cm³/mol. The average molecular weight is 244 g/mol. The van der Waals surface area contributed by atoms with E-state index >= 15 is 0 Å². The Balaban J connectivity index is 2.39. The Morgan fingerprint density at radius 3 is 2.88 bits per heavy atom. The maximum Gasteiger partial charge on any atom is 0.120 e. The lowest BCUT2D eigenvalue weighted by atomic mass is 10.2. The van der Waals surface area contributed by atoms with Crippen molar-refractivity contribution in [3.63, 3.8) is 0 Å². The van der Waals surface area contributed by atoms with Gasteiger partial charge in [0.2, 0.25) is 0 Å². The summed E-state index contributed by atoms with van der Waals surface area (Å²) in [4.78, 5) is 0. The van der Waals surface area contributed by atoms with E-state index in [4.69, 9.17) is 11.6 Å². The van der Waals surface area contributed by atoms with Crippen LogP contribution in [0.3, 0.4) is 0 Å². The van der Waals surface area contributed by atoms with Gasteiger partial charge in [-0.3, -0.25) is 0 Å². The van der Waals surface area contributed by atoms with Gasteiger partial charge in [0.1, 0.15) is 5.75 Å². The van der Waals surface area contributed by atoms with Crippen LogP contribution in [-0.4, -0.2) is 22.9 Å². The highest BCUT2D eigenvalue weighted by molar-refractivity contribution is 6.30. The molecule has 0 amide bonds. The molecule has 0 aliphatic rings. The van der Waals surface area contributed by atoms with Gasteiger partial charge in [-0.2, -0.15) is 0 Å². The van der Waals surface area contributed by atoms with E-state index in [1.807, 2.05) is 6.92 Å². The molecular formula is C12H18ClNO2. The molecule has 1 atom stereocenters. The molecule has 0 aliphatic heterocycles. The number of rotatable bonds is 6. The normalized spacial score (nSPS) is 12.7. The molecule has 1 unspecified atom stereocenters. The minimum Gasteiger partial charge on any atom is -0.508 e. The van der Waals surface area contributed by atoms with Crippen LogP contribution in [0.4, 0.5) is 0 Å². The largest absolute Gasteiger partial charge is 0.508 e. The highest BCUT2D eigenvalue weighted by Crippen LogP contribution is 2.21. The summed E-state index contributed by atoms with van der Waals surface area (Å²) < 4.78 is 0. The van der Waals surface area contributed by atoms with E-state index in [2.05, 4.69) is 5.32 Å². The molecule has 0 saturated heterocycles. The second-order valence-corrected chi connectivity index (χ2v) is 4.28. The molecule has 16 heavy (non-hydrogen) atoms. The lowest BCUT2D eigenvalue weighted by molar-refractivity contribution is 0.160. The number of aliphatic hydroxyl groups excluding tert-OH is 1. The molecule has 0 bridgehead atoms. The zero-order valence-electron chi connectivity index (χ0n) is 9.41. The van der Waals surface area contributed by atoms with E-state index in [0.29, 0.717) is 18.1 Å². The van der Waals surface area contributed by atoms with Gasteiger partial charge >= 0.3 is 0 Å². The van der Waals surface area contributed by atoms with Crippen molar-refractivity contribution in [1.82, 2.24) is 5.32 Å². The molecule has 0 saturated carbocycles. The van der Waals surface area contributed by atoms with Crippen molar-refractivity contribution in [2.45, 2.75) is 32.4 Å². The standard InChI is InChI=1S/C12H18ClNO2/c1-2-3-11(15)8-14-7-9-6-10(13)4-5-12(9)16/h4-6,11,14-16H,2-3,7-8H2,1H3. The summed E-state index contributed by atoms with van der Waals surface area (Å²) in [6.45, 7) is 3.07. The van der Waals surface area contributed by atoms with Crippen LogP contribution in [0, 0.1) is 0 Å². The van der Waals surface area contributed by atoms with Crippen LogP contribution in [0.2, 0.25) is 5.02 Å². The number of phenolic OH excluding ortho intramolecular Hbond substituents is 1. The van der Waals surface area contributed by atoms with Crippen LogP contribution in [0.5, 0.6) is 5.75 Å². The Morgan fingerprint density at radius 1 is 1.44 bits per heavy atom. The van der Waals surface area contributed by atoms with Crippen molar-refractivity contribution in [3.8, 4) is 5.75 Å². The molecule has 1 aromatic rings. The molecular weight excluding hydrogens is 226 g/mol. The van der Waals surface area contributed by atoms with Gasteiger partial charge in [-0.15, -0.1) is 0 Å². The molecule has 90 valence electrons. The van der Waals surface area contributed by atoms with Gasteiger partial charge in [-0.05, 0) is 24.6 Å². The SMILES string of the molecule is CCCC(O)CNCc1cc(Cl)ccc1O. The zero-order chi connectivity index (χ0) is 12.0. The summed E-state index contributed by atoms with van der Waals surface area (Å²) in [5.74, 6) is 0.224. The van der Waals surface area contributed by atoms with Crippen LogP contribution < -0.4 is 5.32 Å². The number of aliphatic hydroxyl groups is 1. The fraction of sp³-hybridized carbons (Fsp3) is 0.500. The number of hydrogen-bond donors (Lipinski definition) is 3. The Labute approximate surface area is 101 Å². The summed E-state index contributed by atoms with van der Waals surface area (Å²) in [6.07, 6.45) is 1.42. The Hall–Kier alpha value is -0.770. The molecule has 0 spiro atoms. The third-order valence-electron chi connectivity index (χ3n) is 2.36. The average Bonchev–Trinajstić information content (AvgIpc) is 2.23. The number of phenols is 1. The summed E-state index contributed by atoms with van der Waals surface area (Å²) in [5.41, 5.74) is 0.746. The lowest BCUT2D eigenvalue weighted by Crippen LogP contribution is -2.26. The third-order valence-corrected chi connectivity index (χ3v) is 2.59. The van der Waals surface area contributed by atoms with Gasteiger partial charge in [0.05, 0.1) is 6.10 Å². The number of halogens is 1. The minimum absolute atomic E-state index is 0.224. The van der Waals surface area contributed by atoms with Gasteiger partial charge in [-0.1, -0.05) is 24.9 Å². The van der Waals surface area contributed by atoms with Crippen molar-refractivity contribution >= 4 is 11.6 Å². The van der Waals surface area contributed by atoms with E-state index in [-0.39, 0.29) is 11.9 Å². The summed E-state index contributed by atoms with van der Waals surface area (Å²) in [5, 5.41) is 22.7. The van der Waals surface area contributed by atoms with Crippen LogP contribution in [0.1, 0.15) is 25.3 Å². The van der Waals surface area contributed by atoms with E-state index in [9.17, 15) is 10.2 Å². The first-order chi connectivity index (χ1) is 7.63. The monoisotopic (exact) mass is 243 g/mol. The smallest absolute Gasteiger partial charge is 0.120 e. The first-order valence-corrected chi connectivity index (χ1v) is 5.87. The number of hydrogen-bond acceptors (Lipinski definition) is 3. The second kappa shape index (κ2) is 6.74. The zero-order valence-corrected chi connectivity index (χ0v) is 10.2. The van der Waals surface area contributed by atoms with Gasteiger partial charge in [0.25, 0.3) is 0 Å². The maximum absolute atomic E-state index is 9.54. The van der Waals surface area contributed by atoms with Crippen molar-refractivity contribution in [2.75, 3.05) is 6.54 Å². The predicted octanol–water partition coefficient (Wildman–Crippen LogP) is 2.30. The number of benzene rings is 1. The topological polar surface area (TPSA) is 52.5 Å². The Morgan fingerprint density at radius 2 is 2.19 bits per heavy atom. The molecule has 0 fully saturated rings. The molecule has 3 N–H and O–H groups in total. The van der Waals surface area contributed by atoms with E-state index in [1.54, 1.807) is 18.2 Å². The van der Waals surface area contributed by atoms with Crippen LogP contribution >= 0.6 is 11.6 Å². The molecule has 0 radical (unpaired) electrons. The summed E-state index contributed by atoms with van der Waals surface area (Å²) >= 11 is 5.82. The van der Waals surface area contributed by atoms with E-state index < -0.39 is 0 Å². The quantitative estimate of drug-likeness (QED) is 0.719. The van der Waals surface area contributed by atoms with Crippen molar-refractivity contribution in [1.29, 1.82) is 0 Å². The molecule has 0 aromatic heterocycles. The Kier molecular flexibility index (Phi) is 5.60. The fourth-order valence-electron chi connectivity index (χ4n) is 1.50. The van der Waals surface area contributed by atoms with Crippen molar-refractivity contribution in [2.24, 2.45) is 0 Å². The summed E-state index contributed by atoms with van der Waals surface area (Å²) in [7, 11) is 0. The van der Waals surface area contributed by atoms with Crippen LogP contribution in [0.15, 0.2) is 18.2 Å². The number of nitrogens with one attached hydrogen (secondary N) is 1. The molecule has 3 nitrogen and oxygen atoms in total. The van der Waals surface area contributed by atoms with Crippen molar-refractivity contribution in [3.05, 3.63) is 28.8 Å². The maximum atomic E-state index is 9.54. The third kappa shape index (κ3) is 4.39. The Bertz CT molecular complexity index is 331. The van der Waals surface area contributed by atoms with Gasteiger partial charge < -0.3 is 15.5 Å². The molecule has 4 heteroatoms. The molecule has 1 rings (SSSR count). The van der Waals surface area contributed by atoms with Crippen LogP contribution in [0.25, 0.3) is 0 Å². The van der Waals surface area contributed by atoms with Gasteiger partial charge in [0, 0.05) is 23.7 Å². The van der Waals surface area contributed by atoms with Crippen LogP contribution in [-0.2, 0) is 6.54 Å². The molecule has 0 aliphatic carbocycles. The molecule has 1 aromatic carbocycles. The highest BCUT2D eigenvalue weighted by atomic mass is 35.5. The lowest BCUT2D eigenvalue weighted by Gasteiger charge is -2.11. The van der Waals surface area contributed by atoms with Gasteiger partial charge in [-0.25, -0.2) is 0 Å².